The summed E-state index contributed by atoms with van der Waals surface area (Å²) in [6.07, 6.45) is 1.64. The normalized spacial score (nSPS) is 17.1. The van der Waals surface area contributed by atoms with Crippen LogP contribution in [0.3, 0.4) is 0 Å². The lowest BCUT2D eigenvalue weighted by Gasteiger charge is -2.35. The zero-order valence-corrected chi connectivity index (χ0v) is 19.0. The molecule has 0 unspecified atom stereocenters. The van der Waals surface area contributed by atoms with Gasteiger partial charge in [-0.15, -0.1) is 0 Å². The van der Waals surface area contributed by atoms with Crippen LogP contribution in [0.15, 0.2) is 59.6 Å². The third kappa shape index (κ3) is 3.99. The lowest BCUT2D eigenvalue weighted by atomic mass is 10.0. The molecule has 1 fully saturated rings. The SMILES string of the molecule is CC(C)c1ccc(S(=O)(=O)n2cc([C@@H](C#N)N3CCN(C)CC3)c3ccccc32)cc1. The van der Waals surface area contributed by atoms with Gasteiger partial charge in [0, 0.05) is 43.3 Å². The molecule has 2 heterocycles. The van der Waals surface area contributed by atoms with E-state index < -0.39 is 16.1 Å². The van der Waals surface area contributed by atoms with Crippen LogP contribution in [0.1, 0.15) is 36.9 Å². The summed E-state index contributed by atoms with van der Waals surface area (Å²) >= 11 is 0. The number of hydrogen-bond acceptors (Lipinski definition) is 5. The van der Waals surface area contributed by atoms with Crippen molar-refractivity contribution in [2.24, 2.45) is 0 Å². The maximum Gasteiger partial charge on any atom is 0.268 e. The predicted molar refractivity (Wildman–Crippen MR) is 122 cm³/mol. The number of para-hydroxylation sites is 1. The minimum Gasteiger partial charge on any atom is -0.304 e. The highest BCUT2D eigenvalue weighted by Gasteiger charge is 2.29. The zero-order chi connectivity index (χ0) is 22.2. The van der Waals surface area contributed by atoms with Crippen molar-refractivity contribution >= 4 is 20.9 Å². The van der Waals surface area contributed by atoms with Crippen molar-refractivity contribution in [3.63, 3.8) is 0 Å². The van der Waals surface area contributed by atoms with Gasteiger partial charge in [0.15, 0.2) is 0 Å². The van der Waals surface area contributed by atoms with Gasteiger partial charge in [-0.25, -0.2) is 12.4 Å². The van der Waals surface area contributed by atoms with Crippen molar-refractivity contribution in [3.05, 3.63) is 65.9 Å². The monoisotopic (exact) mass is 436 g/mol. The van der Waals surface area contributed by atoms with Gasteiger partial charge >= 0.3 is 0 Å². The fourth-order valence-electron chi connectivity index (χ4n) is 4.16. The Morgan fingerprint density at radius 1 is 0.968 bits per heavy atom. The molecule has 0 spiro atoms. The molecule has 0 bridgehead atoms. The lowest BCUT2D eigenvalue weighted by Crippen LogP contribution is -2.45. The average molecular weight is 437 g/mol. The van der Waals surface area contributed by atoms with E-state index in [1.54, 1.807) is 24.4 Å². The van der Waals surface area contributed by atoms with Crippen molar-refractivity contribution in [1.82, 2.24) is 13.8 Å². The highest BCUT2D eigenvalue weighted by atomic mass is 32.2. The molecule has 1 aliphatic heterocycles. The molecule has 3 aromatic rings. The number of nitriles is 1. The predicted octanol–water partition coefficient (Wildman–Crippen LogP) is 3.81. The first-order valence-corrected chi connectivity index (χ1v) is 12.0. The van der Waals surface area contributed by atoms with Crippen LogP contribution < -0.4 is 0 Å². The van der Waals surface area contributed by atoms with Gasteiger partial charge in [-0.05, 0) is 36.7 Å². The third-order valence-electron chi connectivity index (χ3n) is 6.13. The van der Waals surface area contributed by atoms with Gasteiger partial charge in [-0.3, -0.25) is 4.90 Å². The maximum atomic E-state index is 13.5. The van der Waals surface area contributed by atoms with Crippen LogP contribution in [-0.2, 0) is 10.0 Å². The van der Waals surface area contributed by atoms with E-state index in [2.05, 4.69) is 36.8 Å². The Kier molecular flexibility index (Phi) is 5.89. The number of nitrogens with zero attached hydrogens (tertiary/aromatic N) is 4. The minimum absolute atomic E-state index is 0.248. The molecule has 0 aliphatic carbocycles. The molecule has 0 amide bonds. The molecule has 7 heteroatoms. The Balaban J connectivity index is 1.80. The first kappa shape index (κ1) is 21.6. The van der Waals surface area contributed by atoms with E-state index in [0.717, 1.165) is 42.7 Å². The number of fused-ring (bicyclic) bond motifs is 1. The van der Waals surface area contributed by atoms with Gasteiger partial charge in [0.25, 0.3) is 10.0 Å². The second-order valence-corrected chi connectivity index (χ2v) is 10.3. The van der Waals surface area contributed by atoms with Crippen LogP contribution in [0.5, 0.6) is 0 Å². The van der Waals surface area contributed by atoms with E-state index in [-0.39, 0.29) is 4.90 Å². The Labute approximate surface area is 184 Å². The van der Waals surface area contributed by atoms with E-state index in [0.29, 0.717) is 11.4 Å². The number of piperazine rings is 1. The van der Waals surface area contributed by atoms with Gasteiger partial charge in [-0.2, -0.15) is 5.26 Å². The maximum absolute atomic E-state index is 13.5. The van der Waals surface area contributed by atoms with Gasteiger partial charge in [0.1, 0.15) is 6.04 Å². The van der Waals surface area contributed by atoms with E-state index in [1.165, 1.54) is 3.97 Å². The molecule has 0 N–H and O–H groups in total. The van der Waals surface area contributed by atoms with Gasteiger partial charge < -0.3 is 4.90 Å². The van der Waals surface area contributed by atoms with Crippen LogP contribution >= 0.6 is 0 Å². The van der Waals surface area contributed by atoms with E-state index in [1.807, 2.05) is 30.3 Å². The number of likely N-dealkylation sites (N-methyl/N-ethyl adjacent to an activating group) is 1. The Bertz CT molecular complexity index is 1210. The van der Waals surface area contributed by atoms with Crippen molar-refractivity contribution in [2.75, 3.05) is 33.2 Å². The Morgan fingerprint density at radius 3 is 2.23 bits per heavy atom. The molecule has 1 aromatic heterocycles. The van der Waals surface area contributed by atoms with Crippen molar-refractivity contribution in [1.29, 1.82) is 5.26 Å². The molecule has 1 saturated heterocycles. The summed E-state index contributed by atoms with van der Waals surface area (Å²) in [4.78, 5) is 4.62. The summed E-state index contributed by atoms with van der Waals surface area (Å²) in [7, 11) is -1.72. The number of hydrogen-bond donors (Lipinski definition) is 0. The number of benzene rings is 2. The fourth-order valence-corrected chi connectivity index (χ4v) is 5.54. The van der Waals surface area contributed by atoms with Crippen LogP contribution in [0, 0.1) is 11.3 Å². The molecular formula is C24H28N4O2S. The largest absolute Gasteiger partial charge is 0.304 e. The number of aromatic nitrogens is 1. The van der Waals surface area contributed by atoms with Crippen LogP contribution in [-0.4, -0.2) is 55.4 Å². The summed E-state index contributed by atoms with van der Waals surface area (Å²) in [6, 6.07) is 16.4. The van der Waals surface area contributed by atoms with Crippen molar-refractivity contribution in [3.8, 4) is 6.07 Å². The topological polar surface area (TPSA) is 69.3 Å². The first-order chi connectivity index (χ1) is 14.8. The second kappa shape index (κ2) is 8.46. The Morgan fingerprint density at radius 2 is 1.61 bits per heavy atom. The zero-order valence-electron chi connectivity index (χ0n) is 18.2. The first-order valence-electron chi connectivity index (χ1n) is 10.6. The third-order valence-corrected chi connectivity index (χ3v) is 7.82. The molecule has 1 aliphatic rings. The highest BCUT2D eigenvalue weighted by Crippen LogP contribution is 2.33. The van der Waals surface area contributed by atoms with Crippen molar-refractivity contribution < 1.29 is 8.42 Å². The molecule has 0 saturated carbocycles. The van der Waals surface area contributed by atoms with E-state index in [9.17, 15) is 13.7 Å². The van der Waals surface area contributed by atoms with E-state index >= 15 is 0 Å². The average Bonchev–Trinajstić information content (AvgIpc) is 3.16. The smallest absolute Gasteiger partial charge is 0.268 e. The van der Waals surface area contributed by atoms with Crippen LogP contribution in [0.2, 0.25) is 0 Å². The number of rotatable bonds is 5. The molecule has 31 heavy (non-hydrogen) atoms. The lowest BCUT2D eigenvalue weighted by molar-refractivity contribution is 0.133. The molecule has 0 radical (unpaired) electrons. The quantitative estimate of drug-likeness (QED) is 0.608. The second-order valence-electron chi connectivity index (χ2n) is 8.50. The standard InChI is InChI=1S/C24H28N4O2S/c1-18(2)19-8-10-20(11-9-19)31(29,30)28-17-22(21-6-4-5-7-23(21)28)24(16-25)27-14-12-26(3)13-15-27/h4-11,17-18,24H,12-15H2,1-3H3/t24-/m1/s1. The Hall–Kier alpha value is -2.66. The van der Waals surface area contributed by atoms with Crippen LogP contribution in [0.4, 0.5) is 0 Å². The van der Waals surface area contributed by atoms with E-state index in [4.69, 9.17) is 0 Å². The summed E-state index contributed by atoms with van der Waals surface area (Å²) in [5.74, 6) is 0.329. The van der Waals surface area contributed by atoms with Gasteiger partial charge in [0.2, 0.25) is 0 Å². The van der Waals surface area contributed by atoms with Crippen molar-refractivity contribution in [2.45, 2.75) is 30.7 Å². The fraction of sp³-hybridized carbons (Fsp3) is 0.375. The minimum atomic E-state index is -3.79. The molecule has 1 atom stereocenters. The summed E-state index contributed by atoms with van der Waals surface area (Å²) < 4.78 is 28.4. The molecule has 162 valence electrons. The summed E-state index contributed by atoms with van der Waals surface area (Å²) in [5.41, 5.74) is 2.43. The summed E-state index contributed by atoms with van der Waals surface area (Å²) in [5, 5.41) is 10.8. The molecule has 6 nitrogen and oxygen atoms in total. The van der Waals surface area contributed by atoms with Gasteiger partial charge in [-0.1, -0.05) is 44.2 Å². The summed E-state index contributed by atoms with van der Waals surface area (Å²) in [6.45, 7) is 7.48. The van der Waals surface area contributed by atoms with Crippen LogP contribution in [0.25, 0.3) is 10.9 Å². The van der Waals surface area contributed by atoms with Gasteiger partial charge in [0.05, 0.1) is 16.5 Å². The highest BCUT2D eigenvalue weighted by molar-refractivity contribution is 7.90. The molecule has 2 aromatic carbocycles. The molecular weight excluding hydrogens is 408 g/mol. The molecule has 4 rings (SSSR count).